The average Bonchev–Trinajstić information content (AvgIpc) is 2.99. The Labute approximate surface area is 141 Å². The molecule has 7 heteroatoms. The van der Waals surface area contributed by atoms with Gasteiger partial charge in [0.05, 0.1) is 6.42 Å². The normalized spacial score (nSPS) is 10.9. The fourth-order valence-corrected chi connectivity index (χ4v) is 2.62. The number of aromatic nitrogens is 4. The van der Waals surface area contributed by atoms with Crippen molar-refractivity contribution in [3.05, 3.63) is 57.6 Å². The number of carbonyl (C=O) groups excluding carboxylic acids is 1. The van der Waals surface area contributed by atoms with Gasteiger partial charge in [-0.15, -0.1) is 0 Å². The Morgan fingerprint density at radius 2 is 2.00 bits per heavy atom. The molecular weight excluding hydrogens is 360 g/mol. The van der Waals surface area contributed by atoms with E-state index in [9.17, 15) is 4.79 Å². The van der Waals surface area contributed by atoms with Crippen LogP contribution in [0.3, 0.4) is 0 Å². The number of nitrogens with zero attached hydrogens (tertiary/aromatic N) is 4. The molecule has 0 bridgehead atoms. The number of fused-ring (bicyclic) bond motifs is 1. The highest BCUT2D eigenvalue weighted by molar-refractivity contribution is 9.10. The van der Waals surface area contributed by atoms with Gasteiger partial charge in [-0.25, -0.2) is 9.50 Å². The van der Waals surface area contributed by atoms with Gasteiger partial charge in [-0.3, -0.25) is 4.79 Å². The maximum absolute atomic E-state index is 12.1. The zero-order valence-electron chi connectivity index (χ0n) is 12.8. The van der Waals surface area contributed by atoms with E-state index in [2.05, 4.69) is 31.0 Å². The third kappa shape index (κ3) is 3.39. The first-order valence-electron chi connectivity index (χ1n) is 7.10. The van der Waals surface area contributed by atoms with Gasteiger partial charge in [0.2, 0.25) is 0 Å². The molecule has 2 heterocycles. The number of hydrogen-bond donors (Lipinski definition) is 0. The van der Waals surface area contributed by atoms with Crippen LogP contribution in [-0.2, 0) is 22.6 Å². The van der Waals surface area contributed by atoms with Crippen molar-refractivity contribution in [1.82, 2.24) is 19.6 Å². The summed E-state index contributed by atoms with van der Waals surface area (Å²) in [7, 11) is 0. The zero-order chi connectivity index (χ0) is 16.4. The monoisotopic (exact) mass is 374 g/mol. The largest absolute Gasteiger partial charge is 0.461 e. The van der Waals surface area contributed by atoms with Crippen LogP contribution in [0.4, 0.5) is 0 Å². The van der Waals surface area contributed by atoms with Gasteiger partial charge in [-0.05, 0) is 31.5 Å². The third-order valence-electron chi connectivity index (χ3n) is 3.62. The van der Waals surface area contributed by atoms with Crippen LogP contribution in [-0.4, -0.2) is 25.6 Å². The number of benzene rings is 1. The predicted molar refractivity (Wildman–Crippen MR) is 87.9 cm³/mol. The molecule has 23 heavy (non-hydrogen) atoms. The topological polar surface area (TPSA) is 69.4 Å². The van der Waals surface area contributed by atoms with Gasteiger partial charge in [0, 0.05) is 21.4 Å². The van der Waals surface area contributed by atoms with E-state index < -0.39 is 0 Å². The summed E-state index contributed by atoms with van der Waals surface area (Å²) in [6.07, 6.45) is 1.61. The van der Waals surface area contributed by atoms with Crippen LogP contribution < -0.4 is 0 Å². The quantitative estimate of drug-likeness (QED) is 0.656. The zero-order valence-corrected chi connectivity index (χ0v) is 14.4. The highest BCUT2D eigenvalue weighted by Crippen LogP contribution is 2.15. The fourth-order valence-electron chi connectivity index (χ4n) is 2.35. The molecule has 118 valence electrons. The number of aryl methyl sites for hydroxylation is 2. The molecule has 0 amide bonds. The van der Waals surface area contributed by atoms with Crippen molar-refractivity contribution in [2.24, 2.45) is 0 Å². The van der Waals surface area contributed by atoms with E-state index in [1.54, 1.807) is 4.52 Å². The standard InChI is InChI=1S/C16H15BrN4O2/c1-10-14(11(2)21-16(20-10)18-9-19-21)7-15(22)23-8-12-3-5-13(17)6-4-12/h3-6,9H,7-8H2,1-2H3. The van der Waals surface area contributed by atoms with E-state index in [-0.39, 0.29) is 19.0 Å². The Morgan fingerprint density at radius 3 is 2.74 bits per heavy atom. The number of esters is 1. The highest BCUT2D eigenvalue weighted by Gasteiger charge is 2.15. The van der Waals surface area contributed by atoms with Gasteiger partial charge < -0.3 is 4.74 Å². The van der Waals surface area contributed by atoms with Gasteiger partial charge in [0.15, 0.2) is 0 Å². The molecule has 3 aromatic rings. The lowest BCUT2D eigenvalue weighted by Gasteiger charge is -2.10. The number of halogens is 1. The molecule has 0 N–H and O–H groups in total. The Bertz CT molecular complexity index is 858. The molecule has 0 aliphatic carbocycles. The molecule has 0 atom stereocenters. The van der Waals surface area contributed by atoms with E-state index in [4.69, 9.17) is 4.74 Å². The van der Waals surface area contributed by atoms with E-state index in [0.717, 1.165) is 27.0 Å². The lowest BCUT2D eigenvalue weighted by molar-refractivity contribution is -0.144. The minimum atomic E-state index is -0.291. The minimum absolute atomic E-state index is 0.164. The molecule has 2 aromatic heterocycles. The first-order valence-corrected chi connectivity index (χ1v) is 7.90. The summed E-state index contributed by atoms with van der Waals surface area (Å²) in [6.45, 7) is 4.01. The van der Waals surface area contributed by atoms with Crippen molar-refractivity contribution in [3.8, 4) is 0 Å². The van der Waals surface area contributed by atoms with Crippen LogP contribution in [0.2, 0.25) is 0 Å². The van der Waals surface area contributed by atoms with E-state index in [0.29, 0.717) is 5.78 Å². The van der Waals surface area contributed by atoms with E-state index >= 15 is 0 Å². The lowest BCUT2D eigenvalue weighted by Crippen LogP contribution is -2.13. The van der Waals surface area contributed by atoms with Crippen LogP contribution in [0.25, 0.3) is 5.78 Å². The molecule has 1 aromatic carbocycles. The van der Waals surface area contributed by atoms with Gasteiger partial charge in [-0.2, -0.15) is 10.1 Å². The highest BCUT2D eigenvalue weighted by atomic mass is 79.9. The molecule has 6 nitrogen and oxygen atoms in total. The van der Waals surface area contributed by atoms with Crippen LogP contribution in [0.1, 0.15) is 22.5 Å². The Hall–Kier alpha value is -2.28. The number of carbonyl (C=O) groups is 1. The van der Waals surface area contributed by atoms with Gasteiger partial charge in [0.1, 0.15) is 12.9 Å². The molecule has 0 radical (unpaired) electrons. The number of hydrogen-bond acceptors (Lipinski definition) is 5. The summed E-state index contributed by atoms with van der Waals surface area (Å²) < 4.78 is 7.97. The van der Waals surface area contributed by atoms with Crippen molar-refractivity contribution >= 4 is 27.7 Å². The molecule has 3 rings (SSSR count). The smallest absolute Gasteiger partial charge is 0.310 e. The molecule has 0 aliphatic heterocycles. The summed E-state index contributed by atoms with van der Waals surface area (Å²) in [5.41, 5.74) is 3.39. The van der Waals surface area contributed by atoms with Crippen molar-refractivity contribution in [2.75, 3.05) is 0 Å². The van der Waals surface area contributed by atoms with E-state index in [1.165, 1.54) is 6.33 Å². The van der Waals surface area contributed by atoms with Crippen molar-refractivity contribution in [1.29, 1.82) is 0 Å². The Balaban J connectivity index is 1.71. The Morgan fingerprint density at radius 1 is 1.26 bits per heavy atom. The number of rotatable bonds is 4. The fraction of sp³-hybridized carbons (Fsp3) is 0.250. The second-order valence-electron chi connectivity index (χ2n) is 5.20. The second-order valence-corrected chi connectivity index (χ2v) is 6.11. The summed E-state index contributed by atoms with van der Waals surface area (Å²) in [4.78, 5) is 20.5. The van der Waals surface area contributed by atoms with Crippen LogP contribution in [0.15, 0.2) is 35.1 Å². The summed E-state index contributed by atoms with van der Waals surface area (Å²) in [5.74, 6) is 0.243. The maximum Gasteiger partial charge on any atom is 0.310 e. The van der Waals surface area contributed by atoms with Crippen LogP contribution in [0.5, 0.6) is 0 Å². The van der Waals surface area contributed by atoms with Crippen LogP contribution in [0, 0.1) is 13.8 Å². The van der Waals surface area contributed by atoms with Crippen LogP contribution >= 0.6 is 15.9 Å². The molecule has 0 fully saturated rings. The summed E-state index contributed by atoms with van der Waals surface area (Å²) in [6, 6.07) is 7.66. The summed E-state index contributed by atoms with van der Waals surface area (Å²) in [5, 5.41) is 4.12. The van der Waals surface area contributed by atoms with E-state index in [1.807, 2.05) is 38.1 Å². The molecule has 0 unspecified atom stereocenters. The first kappa shape index (κ1) is 15.6. The average molecular weight is 375 g/mol. The van der Waals surface area contributed by atoms with Crippen molar-refractivity contribution in [3.63, 3.8) is 0 Å². The van der Waals surface area contributed by atoms with Crippen molar-refractivity contribution < 1.29 is 9.53 Å². The Kier molecular flexibility index (Phi) is 4.38. The third-order valence-corrected chi connectivity index (χ3v) is 4.15. The molecular formula is C16H15BrN4O2. The SMILES string of the molecule is Cc1nc2ncnn2c(C)c1CC(=O)OCc1ccc(Br)cc1. The van der Waals surface area contributed by atoms with Gasteiger partial charge in [0.25, 0.3) is 5.78 Å². The summed E-state index contributed by atoms with van der Waals surface area (Å²) >= 11 is 3.37. The maximum atomic E-state index is 12.1. The molecule has 0 aliphatic rings. The first-order chi connectivity index (χ1) is 11.0. The van der Waals surface area contributed by atoms with Crippen molar-refractivity contribution in [2.45, 2.75) is 26.9 Å². The molecule has 0 saturated carbocycles. The second kappa shape index (κ2) is 6.45. The predicted octanol–water partition coefficient (Wildman–Crippen LogP) is 2.79. The number of ether oxygens (including phenoxy) is 1. The lowest BCUT2D eigenvalue weighted by atomic mass is 10.1. The molecule has 0 saturated heterocycles. The van der Waals surface area contributed by atoms with Gasteiger partial charge in [-0.1, -0.05) is 28.1 Å². The minimum Gasteiger partial charge on any atom is -0.461 e. The van der Waals surface area contributed by atoms with Gasteiger partial charge >= 0.3 is 5.97 Å². The molecule has 0 spiro atoms.